The minimum absolute atomic E-state index is 0.0667. The lowest BCUT2D eigenvalue weighted by Gasteiger charge is -2.21. The topological polar surface area (TPSA) is 111 Å². The summed E-state index contributed by atoms with van der Waals surface area (Å²) in [6.45, 7) is 1.64. The van der Waals surface area contributed by atoms with Gasteiger partial charge in [0, 0.05) is 20.1 Å². The third-order valence-corrected chi connectivity index (χ3v) is 2.23. The number of aliphatic carboxylic acids is 1. The third-order valence-electron chi connectivity index (χ3n) is 2.23. The van der Waals surface area contributed by atoms with Gasteiger partial charge in [-0.1, -0.05) is 6.08 Å². The van der Waals surface area contributed by atoms with Gasteiger partial charge in [0.15, 0.2) is 0 Å². The molecular weight excluding hydrogens is 241 g/mol. The zero-order valence-electron chi connectivity index (χ0n) is 10.6. The van der Waals surface area contributed by atoms with Crippen LogP contribution >= 0.6 is 0 Å². The van der Waals surface area contributed by atoms with E-state index in [0.29, 0.717) is 5.84 Å². The van der Waals surface area contributed by atoms with Crippen molar-refractivity contribution in [2.75, 3.05) is 20.3 Å². The van der Waals surface area contributed by atoms with E-state index >= 15 is 0 Å². The van der Waals surface area contributed by atoms with Crippen molar-refractivity contribution in [2.45, 2.75) is 25.3 Å². The predicted molar refractivity (Wildman–Crippen MR) is 67.0 cm³/mol. The number of carboxylic acids is 1. The van der Waals surface area contributed by atoms with Gasteiger partial charge < -0.3 is 21.3 Å². The summed E-state index contributed by atoms with van der Waals surface area (Å²) in [6, 6.07) is 0. The van der Waals surface area contributed by atoms with Crippen molar-refractivity contribution in [3.63, 3.8) is 0 Å². The maximum atomic E-state index is 13.3. The Morgan fingerprint density at radius 1 is 1.61 bits per heavy atom. The molecule has 0 radical (unpaired) electrons. The molecule has 7 heteroatoms. The molecule has 0 unspecified atom stereocenters. The summed E-state index contributed by atoms with van der Waals surface area (Å²) in [5.74, 6) is -1.32. The van der Waals surface area contributed by atoms with E-state index in [-0.39, 0.29) is 26.0 Å². The van der Waals surface area contributed by atoms with E-state index in [4.69, 9.17) is 21.3 Å². The van der Waals surface area contributed by atoms with Crippen molar-refractivity contribution in [1.82, 2.24) is 0 Å². The fraction of sp³-hybridized carbons (Fsp3) is 0.636. The summed E-state index contributed by atoms with van der Waals surface area (Å²) in [7, 11) is 1.34. The molecule has 0 amide bonds. The number of carbonyl (C=O) groups is 1. The Balaban J connectivity index is 4.40. The molecule has 104 valence electrons. The first kappa shape index (κ1) is 16.5. The average Bonchev–Trinajstić information content (AvgIpc) is 2.26. The van der Waals surface area contributed by atoms with Gasteiger partial charge in [0.2, 0.25) is 0 Å². The highest BCUT2D eigenvalue weighted by molar-refractivity contribution is 5.79. The number of hydrogen-bond donors (Lipinski definition) is 3. The van der Waals surface area contributed by atoms with Crippen LogP contribution in [0.25, 0.3) is 0 Å². The first-order valence-corrected chi connectivity index (χ1v) is 5.44. The number of nitrogens with zero attached hydrogens (tertiary/aromatic N) is 1. The number of halogens is 1. The van der Waals surface area contributed by atoms with Crippen LogP contribution in [0.1, 0.15) is 19.8 Å². The van der Waals surface area contributed by atoms with E-state index in [9.17, 15) is 9.18 Å². The van der Waals surface area contributed by atoms with Crippen molar-refractivity contribution in [2.24, 2.45) is 16.5 Å². The Kier molecular flexibility index (Phi) is 7.14. The number of aliphatic imine (C=N–C) groups is 1. The smallest absolute Gasteiger partial charge is 0.326 e. The molecule has 0 aromatic carbocycles. The molecule has 0 aliphatic carbocycles. The maximum Gasteiger partial charge on any atom is 0.326 e. The van der Waals surface area contributed by atoms with Gasteiger partial charge >= 0.3 is 5.97 Å². The quantitative estimate of drug-likeness (QED) is 0.433. The zero-order valence-corrected chi connectivity index (χ0v) is 10.6. The molecule has 0 aliphatic rings. The van der Waals surface area contributed by atoms with Gasteiger partial charge in [0.1, 0.15) is 5.54 Å². The summed E-state index contributed by atoms with van der Waals surface area (Å²) in [6.07, 6.45) is 1.07. The van der Waals surface area contributed by atoms with E-state index in [1.165, 1.54) is 7.11 Å². The molecule has 0 rings (SSSR count). The van der Waals surface area contributed by atoms with Crippen molar-refractivity contribution in [1.29, 1.82) is 0 Å². The third kappa shape index (κ3) is 6.31. The molecule has 6 nitrogen and oxygen atoms in total. The molecule has 0 aliphatic heterocycles. The fourth-order valence-electron chi connectivity index (χ4n) is 1.20. The van der Waals surface area contributed by atoms with Crippen LogP contribution < -0.4 is 11.5 Å². The molecule has 0 saturated carbocycles. The van der Waals surface area contributed by atoms with Gasteiger partial charge in [-0.3, -0.25) is 9.79 Å². The standard InChI is InChI=1S/C11H20FN3O3/c1-8(13)15-6-4-9(12)3-5-11(14,7-18-2)10(16)17/h3H,4-7,14H2,1-2H3,(H2,13,15)(H,16,17)/t11-/m0/s1. The lowest BCUT2D eigenvalue weighted by atomic mass is 9.97. The summed E-state index contributed by atoms with van der Waals surface area (Å²) >= 11 is 0. The Hall–Kier alpha value is -1.47. The van der Waals surface area contributed by atoms with E-state index in [1.54, 1.807) is 6.92 Å². The molecule has 18 heavy (non-hydrogen) atoms. The normalized spacial score (nSPS) is 16.4. The summed E-state index contributed by atoms with van der Waals surface area (Å²) in [4.78, 5) is 14.8. The second-order valence-corrected chi connectivity index (χ2v) is 4.02. The predicted octanol–water partition coefficient (Wildman–Crippen LogP) is 0.426. The molecule has 0 fully saturated rings. The second-order valence-electron chi connectivity index (χ2n) is 4.02. The van der Waals surface area contributed by atoms with Crippen LogP contribution in [0.5, 0.6) is 0 Å². The maximum absolute atomic E-state index is 13.3. The average molecular weight is 261 g/mol. The highest BCUT2D eigenvalue weighted by Crippen LogP contribution is 2.13. The van der Waals surface area contributed by atoms with Crippen LogP contribution in [0.15, 0.2) is 16.9 Å². The lowest BCUT2D eigenvalue weighted by molar-refractivity contribution is -0.145. The van der Waals surface area contributed by atoms with Crippen molar-refractivity contribution < 1.29 is 19.0 Å². The monoisotopic (exact) mass is 261 g/mol. The number of ether oxygens (including phenoxy) is 1. The van der Waals surface area contributed by atoms with Crippen LogP contribution in [0.3, 0.4) is 0 Å². The first-order valence-electron chi connectivity index (χ1n) is 5.44. The van der Waals surface area contributed by atoms with Gasteiger partial charge in [-0.2, -0.15) is 0 Å². The SMILES string of the molecule is COC[C@@](N)(CC=C(F)CCN=C(C)N)C(=O)O. The number of carboxylic acid groups (broad SMARTS) is 1. The second kappa shape index (κ2) is 7.78. The van der Waals surface area contributed by atoms with Crippen LogP contribution in [0, 0.1) is 0 Å². The number of hydrogen-bond acceptors (Lipinski definition) is 4. The van der Waals surface area contributed by atoms with Crippen molar-refractivity contribution in [3.05, 3.63) is 11.9 Å². The highest BCUT2D eigenvalue weighted by Gasteiger charge is 2.33. The Morgan fingerprint density at radius 3 is 2.67 bits per heavy atom. The van der Waals surface area contributed by atoms with Gasteiger partial charge in [-0.15, -0.1) is 0 Å². The van der Waals surface area contributed by atoms with Gasteiger partial charge in [0.05, 0.1) is 18.3 Å². The van der Waals surface area contributed by atoms with Crippen LogP contribution in [-0.2, 0) is 9.53 Å². The molecule has 5 N–H and O–H groups in total. The lowest BCUT2D eigenvalue weighted by Crippen LogP contribution is -2.51. The van der Waals surface area contributed by atoms with Crippen molar-refractivity contribution in [3.8, 4) is 0 Å². The largest absolute Gasteiger partial charge is 0.480 e. The van der Waals surface area contributed by atoms with Crippen LogP contribution in [0.2, 0.25) is 0 Å². The molecular formula is C11H20FN3O3. The Morgan fingerprint density at radius 2 is 2.22 bits per heavy atom. The van der Waals surface area contributed by atoms with E-state index in [2.05, 4.69) is 4.99 Å². The summed E-state index contributed by atoms with van der Waals surface area (Å²) in [5.41, 5.74) is 9.28. The van der Waals surface area contributed by atoms with Gasteiger partial charge in [0.25, 0.3) is 0 Å². The first-order chi connectivity index (χ1) is 8.31. The van der Waals surface area contributed by atoms with Gasteiger partial charge in [-0.05, 0) is 13.3 Å². The van der Waals surface area contributed by atoms with E-state index in [0.717, 1.165) is 6.08 Å². The van der Waals surface area contributed by atoms with E-state index in [1.807, 2.05) is 0 Å². The summed E-state index contributed by atoms with van der Waals surface area (Å²) in [5, 5.41) is 8.93. The summed E-state index contributed by atoms with van der Waals surface area (Å²) < 4.78 is 18.1. The number of nitrogens with two attached hydrogens (primary N) is 2. The van der Waals surface area contributed by atoms with Crippen LogP contribution in [0.4, 0.5) is 4.39 Å². The van der Waals surface area contributed by atoms with E-state index < -0.39 is 17.3 Å². The molecule has 0 spiro atoms. The van der Waals surface area contributed by atoms with Gasteiger partial charge in [-0.25, -0.2) is 4.39 Å². The zero-order chi connectivity index (χ0) is 14.2. The fourth-order valence-corrected chi connectivity index (χ4v) is 1.20. The number of amidine groups is 1. The van der Waals surface area contributed by atoms with Crippen LogP contribution in [-0.4, -0.2) is 42.7 Å². The highest BCUT2D eigenvalue weighted by atomic mass is 19.1. The minimum atomic E-state index is -1.61. The molecule has 0 bridgehead atoms. The molecule has 0 heterocycles. The minimum Gasteiger partial charge on any atom is -0.480 e. The molecule has 0 saturated heterocycles. The molecule has 0 aromatic heterocycles. The Bertz CT molecular complexity index is 340. The number of methoxy groups -OCH3 is 1. The Labute approximate surface area is 106 Å². The van der Waals surface area contributed by atoms with Crippen molar-refractivity contribution >= 4 is 11.8 Å². The molecule has 0 aromatic rings. The molecule has 1 atom stereocenters. The number of rotatable bonds is 8.